The molecule has 0 aliphatic carbocycles. The predicted octanol–water partition coefficient (Wildman–Crippen LogP) is 3.06. The molecule has 0 atom stereocenters. The fraction of sp³-hybridized carbons (Fsp3) is 0.143. The number of nitrogens with two attached hydrogens (primary N) is 1. The quantitative estimate of drug-likeness (QED) is 0.910. The number of pyridine rings is 1. The highest BCUT2D eigenvalue weighted by molar-refractivity contribution is 5.95. The Morgan fingerprint density at radius 3 is 2.45 bits per heavy atom. The van der Waals surface area contributed by atoms with Gasteiger partial charge in [-0.3, -0.25) is 0 Å². The number of carboxylic acid groups (broad SMARTS) is 1. The minimum atomic E-state index is -4.56. The lowest BCUT2D eigenvalue weighted by molar-refractivity contribution is -0.137. The number of benzene rings is 1. The van der Waals surface area contributed by atoms with Crippen molar-refractivity contribution < 1.29 is 27.8 Å². The molecular weight excluding hydrogens is 301 g/mol. The molecule has 0 saturated heterocycles. The van der Waals surface area contributed by atoms with Gasteiger partial charge in [-0.1, -0.05) is 0 Å². The molecule has 3 N–H and O–H groups in total. The van der Waals surface area contributed by atoms with Crippen molar-refractivity contribution in [3.05, 3.63) is 41.6 Å². The van der Waals surface area contributed by atoms with Crippen LogP contribution in [0.4, 0.5) is 19.0 Å². The Hall–Kier alpha value is -2.77. The van der Waals surface area contributed by atoms with E-state index in [1.165, 1.54) is 19.2 Å². The number of hydrogen-bond donors (Lipinski definition) is 2. The Bertz CT molecular complexity index is 730. The standard InChI is InChI=1S/C14H11F3N2O3/c1-22-10-4-2-7(14(15,16)17)6-9(10)8-3-5-11(18)19-12(8)13(20)21/h2-6H,1H3,(H2,18,19)(H,20,21). The second-order valence-electron chi connectivity index (χ2n) is 4.35. The van der Waals surface area contributed by atoms with E-state index in [0.29, 0.717) is 0 Å². The highest BCUT2D eigenvalue weighted by atomic mass is 19.4. The van der Waals surface area contributed by atoms with Gasteiger partial charge in [-0.05, 0) is 30.3 Å². The van der Waals surface area contributed by atoms with E-state index in [1.807, 2.05) is 0 Å². The molecular formula is C14H11F3N2O3. The van der Waals surface area contributed by atoms with Gasteiger partial charge in [-0.25, -0.2) is 9.78 Å². The number of nitrogen functional groups attached to an aromatic ring is 1. The zero-order chi connectivity index (χ0) is 16.5. The summed E-state index contributed by atoms with van der Waals surface area (Å²) in [6.07, 6.45) is -4.56. The van der Waals surface area contributed by atoms with Crippen LogP contribution >= 0.6 is 0 Å². The molecule has 8 heteroatoms. The lowest BCUT2D eigenvalue weighted by Gasteiger charge is -2.14. The van der Waals surface area contributed by atoms with Crippen molar-refractivity contribution in [2.24, 2.45) is 0 Å². The summed E-state index contributed by atoms with van der Waals surface area (Å²) < 4.78 is 43.6. The number of aromatic nitrogens is 1. The lowest BCUT2D eigenvalue weighted by Crippen LogP contribution is -2.08. The summed E-state index contributed by atoms with van der Waals surface area (Å²) in [6.45, 7) is 0. The molecule has 0 bridgehead atoms. The Balaban J connectivity index is 2.73. The van der Waals surface area contributed by atoms with Crippen molar-refractivity contribution in [2.75, 3.05) is 12.8 Å². The largest absolute Gasteiger partial charge is 0.496 e. The van der Waals surface area contributed by atoms with Crippen molar-refractivity contribution >= 4 is 11.8 Å². The smallest absolute Gasteiger partial charge is 0.416 e. The summed E-state index contributed by atoms with van der Waals surface area (Å²) in [5.41, 5.74) is 4.03. The molecule has 1 aromatic heterocycles. The average Bonchev–Trinajstić information content (AvgIpc) is 2.45. The van der Waals surface area contributed by atoms with E-state index in [0.717, 1.165) is 18.2 Å². The number of hydrogen-bond acceptors (Lipinski definition) is 4. The monoisotopic (exact) mass is 312 g/mol. The first kappa shape index (κ1) is 15.6. The summed E-state index contributed by atoms with van der Waals surface area (Å²) in [6, 6.07) is 5.40. The number of anilines is 1. The first-order chi connectivity index (χ1) is 10.2. The number of methoxy groups -OCH3 is 1. The molecule has 5 nitrogen and oxygen atoms in total. The highest BCUT2D eigenvalue weighted by Gasteiger charge is 2.32. The molecule has 0 fully saturated rings. The van der Waals surface area contributed by atoms with E-state index in [4.69, 9.17) is 15.6 Å². The Morgan fingerprint density at radius 1 is 1.23 bits per heavy atom. The van der Waals surface area contributed by atoms with Crippen molar-refractivity contribution in [3.8, 4) is 16.9 Å². The van der Waals surface area contributed by atoms with E-state index < -0.39 is 23.4 Å². The van der Waals surface area contributed by atoms with Gasteiger partial charge < -0.3 is 15.6 Å². The average molecular weight is 312 g/mol. The molecule has 0 amide bonds. The van der Waals surface area contributed by atoms with Crippen LogP contribution in [0.15, 0.2) is 30.3 Å². The van der Waals surface area contributed by atoms with Crippen LogP contribution in [0.5, 0.6) is 5.75 Å². The van der Waals surface area contributed by atoms with Gasteiger partial charge in [0.1, 0.15) is 11.6 Å². The second-order valence-corrected chi connectivity index (χ2v) is 4.35. The molecule has 0 radical (unpaired) electrons. The van der Waals surface area contributed by atoms with Crippen LogP contribution in [0.1, 0.15) is 16.1 Å². The maximum absolute atomic E-state index is 12.8. The van der Waals surface area contributed by atoms with Gasteiger partial charge in [-0.2, -0.15) is 13.2 Å². The number of carbonyl (C=O) groups is 1. The molecule has 0 saturated carbocycles. The first-order valence-corrected chi connectivity index (χ1v) is 5.99. The zero-order valence-electron chi connectivity index (χ0n) is 11.3. The lowest BCUT2D eigenvalue weighted by atomic mass is 10.00. The summed E-state index contributed by atoms with van der Waals surface area (Å²) >= 11 is 0. The maximum atomic E-state index is 12.8. The van der Waals surface area contributed by atoms with Crippen molar-refractivity contribution in [1.29, 1.82) is 0 Å². The van der Waals surface area contributed by atoms with Crippen LogP contribution in [-0.4, -0.2) is 23.2 Å². The van der Waals surface area contributed by atoms with Crippen LogP contribution in [0.3, 0.4) is 0 Å². The van der Waals surface area contributed by atoms with Gasteiger partial charge in [0.15, 0.2) is 5.69 Å². The van der Waals surface area contributed by atoms with Crippen LogP contribution in [0.25, 0.3) is 11.1 Å². The van der Waals surface area contributed by atoms with Gasteiger partial charge in [0.05, 0.1) is 12.7 Å². The van der Waals surface area contributed by atoms with Crippen LogP contribution in [-0.2, 0) is 6.18 Å². The molecule has 0 aliphatic rings. The number of halogens is 3. The van der Waals surface area contributed by atoms with E-state index in [2.05, 4.69) is 4.98 Å². The van der Waals surface area contributed by atoms with Gasteiger partial charge in [0, 0.05) is 11.1 Å². The molecule has 0 aliphatic heterocycles. The predicted molar refractivity (Wildman–Crippen MR) is 72.6 cm³/mol. The number of nitrogens with zero attached hydrogens (tertiary/aromatic N) is 1. The molecule has 2 rings (SSSR count). The Labute approximate surface area is 123 Å². The van der Waals surface area contributed by atoms with Crippen LogP contribution in [0.2, 0.25) is 0 Å². The van der Waals surface area contributed by atoms with Gasteiger partial charge in [-0.15, -0.1) is 0 Å². The van der Waals surface area contributed by atoms with E-state index in [-0.39, 0.29) is 22.7 Å². The highest BCUT2D eigenvalue weighted by Crippen LogP contribution is 2.38. The maximum Gasteiger partial charge on any atom is 0.416 e. The van der Waals surface area contributed by atoms with Gasteiger partial charge in [0.2, 0.25) is 0 Å². The Kier molecular flexibility index (Phi) is 3.94. The molecule has 1 heterocycles. The summed E-state index contributed by atoms with van der Waals surface area (Å²) in [5, 5.41) is 9.16. The van der Waals surface area contributed by atoms with Crippen LogP contribution in [0, 0.1) is 0 Å². The molecule has 1 aromatic carbocycles. The molecule has 116 valence electrons. The van der Waals surface area contributed by atoms with Gasteiger partial charge in [0.25, 0.3) is 0 Å². The fourth-order valence-electron chi connectivity index (χ4n) is 1.95. The first-order valence-electron chi connectivity index (χ1n) is 5.99. The van der Waals surface area contributed by atoms with Crippen molar-refractivity contribution in [2.45, 2.75) is 6.18 Å². The number of aromatic carboxylic acids is 1. The van der Waals surface area contributed by atoms with Crippen molar-refractivity contribution in [1.82, 2.24) is 4.98 Å². The van der Waals surface area contributed by atoms with E-state index in [9.17, 15) is 18.0 Å². The third-order valence-electron chi connectivity index (χ3n) is 2.94. The van der Waals surface area contributed by atoms with Crippen LogP contribution < -0.4 is 10.5 Å². The third kappa shape index (κ3) is 2.95. The number of alkyl halides is 3. The topological polar surface area (TPSA) is 85.4 Å². The third-order valence-corrected chi connectivity index (χ3v) is 2.94. The van der Waals surface area contributed by atoms with Gasteiger partial charge >= 0.3 is 12.1 Å². The number of ether oxygens (including phenoxy) is 1. The summed E-state index contributed by atoms with van der Waals surface area (Å²) in [4.78, 5) is 14.9. The normalized spacial score (nSPS) is 11.3. The Morgan fingerprint density at radius 2 is 1.91 bits per heavy atom. The summed E-state index contributed by atoms with van der Waals surface area (Å²) in [5.74, 6) is -1.35. The fourth-order valence-corrected chi connectivity index (χ4v) is 1.95. The minimum absolute atomic E-state index is 0.00958. The molecule has 22 heavy (non-hydrogen) atoms. The molecule has 2 aromatic rings. The number of carboxylic acids is 1. The summed E-state index contributed by atoms with van der Waals surface area (Å²) in [7, 11) is 1.28. The van der Waals surface area contributed by atoms with Crippen molar-refractivity contribution in [3.63, 3.8) is 0 Å². The molecule has 0 unspecified atom stereocenters. The second kappa shape index (κ2) is 5.55. The zero-order valence-corrected chi connectivity index (χ0v) is 11.3. The number of rotatable bonds is 3. The van der Waals surface area contributed by atoms with E-state index in [1.54, 1.807) is 0 Å². The van der Waals surface area contributed by atoms with E-state index >= 15 is 0 Å². The minimum Gasteiger partial charge on any atom is -0.496 e. The SMILES string of the molecule is COc1ccc(C(F)(F)F)cc1-c1ccc(N)nc1C(=O)O. The molecule has 0 spiro atoms.